The topological polar surface area (TPSA) is 36.3 Å². The minimum absolute atomic E-state index is 0.609. The number of hydrogen-bond donors (Lipinski definition) is 0. The van der Waals surface area contributed by atoms with Gasteiger partial charge in [0, 0.05) is 6.54 Å². The highest BCUT2D eigenvalue weighted by Crippen LogP contribution is 2.24. The first-order valence-electron chi connectivity index (χ1n) is 7.56. The molecule has 1 fully saturated rings. The molecular weight excluding hydrogens is 248 g/mol. The Balaban J connectivity index is 1.93. The molecular formula is C17H24N2O. The van der Waals surface area contributed by atoms with E-state index in [0.29, 0.717) is 11.3 Å². The average Bonchev–Trinajstić information content (AvgIpc) is 2.49. The molecule has 0 spiro atoms. The van der Waals surface area contributed by atoms with Crippen LogP contribution < -0.4 is 4.74 Å². The van der Waals surface area contributed by atoms with E-state index >= 15 is 0 Å². The highest BCUT2D eigenvalue weighted by atomic mass is 16.5. The fourth-order valence-corrected chi connectivity index (χ4v) is 3.03. The Labute approximate surface area is 122 Å². The normalized spacial score (nSPS) is 16.9. The van der Waals surface area contributed by atoms with E-state index in [2.05, 4.69) is 17.9 Å². The van der Waals surface area contributed by atoms with E-state index in [1.165, 1.54) is 44.3 Å². The maximum Gasteiger partial charge on any atom is 0.136 e. The van der Waals surface area contributed by atoms with Gasteiger partial charge in [0.25, 0.3) is 0 Å². The summed E-state index contributed by atoms with van der Waals surface area (Å²) in [6.45, 7) is 5.61. The molecule has 1 aliphatic heterocycles. The lowest BCUT2D eigenvalue weighted by molar-refractivity contribution is 0.171. The molecule has 0 atom stereocenters. The van der Waals surface area contributed by atoms with Gasteiger partial charge in [-0.05, 0) is 49.5 Å². The zero-order valence-corrected chi connectivity index (χ0v) is 12.6. The van der Waals surface area contributed by atoms with Crippen molar-refractivity contribution in [3.8, 4) is 11.8 Å². The van der Waals surface area contributed by atoms with Crippen molar-refractivity contribution in [2.24, 2.45) is 5.92 Å². The summed E-state index contributed by atoms with van der Waals surface area (Å²) in [5.41, 5.74) is 1.84. The summed E-state index contributed by atoms with van der Waals surface area (Å²) in [5.74, 6) is 1.61. The van der Waals surface area contributed by atoms with Gasteiger partial charge in [0.1, 0.15) is 11.8 Å². The molecule has 0 aromatic heterocycles. The summed E-state index contributed by atoms with van der Waals surface area (Å²) in [4.78, 5) is 2.51. The molecule has 20 heavy (non-hydrogen) atoms. The summed E-state index contributed by atoms with van der Waals surface area (Å²) < 4.78 is 5.27. The zero-order chi connectivity index (χ0) is 14.4. The molecule has 0 aliphatic carbocycles. The number of likely N-dealkylation sites (tertiary alicyclic amines) is 1. The molecule has 1 aromatic rings. The molecule has 3 heteroatoms. The molecule has 0 saturated carbocycles. The third kappa shape index (κ3) is 3.74. The number of nitriles is 1. The Morgan fingerprint density at radius 2 is 2.10 bits per heavy atom. The largest absolute Gasteiger partial charge is 0.495 e. The number of hydrogen-bond acceptors (Lipinski definition) is 3. The molecule has 3 nitrogen and oxygen atoms in total. The molecule has 1 aliphatic rings. The molecule has 0 radical (unpaired) electrons. The Bertz CT molecular complexity index is 470. The van der Waals surface area contributed by atoms with Crippen molar-refractivity contribution >= 4 is 0 Å². The highest BCUT2D eigenvalue weighted by Gasteiger charge is 2.18. The van der Waals surface area contributed by atoms with Crippen LogP contribution in [-0.4, -0.2) is 25.1 Å². The quantitative estimate of drug-likeness (QED) is 0.822. The summed E-state index contributed by atoms with van der Waals surface area (Å²) in [6, 6.07) is 8.06. The average molecular weight is 272 g/mol. The van der Waals surface area contributed by atoms with E-state index < -0.39 is 0 Å². The van der Waals surface area contributed by atoms with Crippen molar-refractivity contribution in [3.63, 3.8) is 0 Å². The van der Waals surface area contributed by atoms with E-state index in [-0.39, 0.29) is 0 Å². The van der Waals surface area contributed by atoms with Gasteiger partial charge in [0.05, 0.1) is 12.7 Å². The third-order valence-electron chi connectivity index (χ3n) is 4.20. The van der Waals surface area contributed by atoms with Crippen LogP contribution in [0.4, 0.5) is 0 Å². The number of rotatable bonds is 5. The smallest absolute Gasteiger partial charge is 0.136 e. The Morgan fingerprint density at radius 1 is 1.35 bits per heavy atom. The van der Waals surface area contributed by atoms with Crippen LogP contribution in [0.15, 0.2) is 18.2 Å². The van der Waals surface area contributed by atoms with Crippen LogP contribution in [0.3, 0.4) is 0 Å². The molecule has 1 heterocycles. The first-order valence-corrected chi connectivity index (χ1v) is 7.56. The lowest BCUT2D eigenvalue weighted by Crippen LogP contribution is -2.33. The van der Waals surface area contributed by atoms with Crippen molar-refractivity contribution in [2.75, 3.05) is 20.2 Å². The van der Waals surface area contributed by atoms with Gasteiger partial charge in [-0.15, -0.1) is 0 Å². The van der Waals surface area contributed by atoms with Crippen molar-refractivity contribution in [1.29, 1.82) is 5.26 Å². The summed E-state index contributed by atoms with van der Waals surface area (Å²) >= 11 is 0. The first-order chi connectivity index (χ1) is 9.76. The van der Waals surface area contributed by atoms with Crippen molar-refractivity contribution < 1.29 is 4.74 Å². The molecule has 108 valence electrons. The van der Waals surface area contributed by atoms with Gasteiger partial charge in [-0.3, -0.25) is 4.90 Å². The molecule has 0 amide bonds. The van der Waals surface area contributed by atoms with E-state index in [1.54, 1.807) is 7.11 Å². The molecule has 1 aromatic carbocycles. The minimum atomic E-state index is 0.609. The summed E-state index contributed by atoms with van der Waals surface area (Å²) in [7, 11) is 1.62. The first kappa shape index (κ1) is 14.9. The molecule has 0 N–H and O–H groups in total. The SMILES string of the molecule is CCCC1CCN(Cc2ccc(C#N)c(OC)c2)CC1. The van der Waals surface area contributed by atoms with Crippen LogP contribution in [-0.2, 0) is 6.54 Å². The van der Waals surface area contributed by atoms with Crippen LogP contribution in [0, 0.1) is 17.2 Å². The Kier molecular flexibility index (Phi) is 5.43. The summed E-state index contributed by atoms with van der Waals surface area (Å²) in [6.07, 6.45) is 5.32. The molecule has 0 bridgehead atoms. The van der Waals surface area contributed by atoms with Gasteiger partial charge < -0.3 is 4.74 Å². The minimum Gasteiger partial charge on any atom is -0.495 e. The maximum absolute atomic E-state index is 9.00. The van der Waals surface area contributed by atoms with Crippen LogP contribution in [0.2, 0.25) is 0 Å². The van der Waals surface area contributed by atoms with Crippen molar-refractivity contribution in [2.45, 2.75) is 39.2 Å². The van der Waals surface area contributed by atoms with E-state index in [1.807, 2.05) is 18.2 Å². The highest BCUT2D eigenvalue weighted by molar-refractivity contribution is 5.45. The number of ether oxygens (including phenoxy) is 1. The fourth-order valence-electron chi connectivity index (χ4n) is 3.03. The van der Waals surface area contributed by atoms with Crippen LogP contribution in [0.1, 0.15) is 43.7 Å². The van der Waals surface area contributed by atoms with E-state index in [9.17, 15) is 0 Å². The third-order valence-corrected chi connectivity index (χ3v) is 4.20. The van der Waals surface area contributed by atoms with Crippen LogP contribution >= 0.6 is 0 Å². The van der Waals surface area contributed by atoms with Crippen molar-refractivity contribution in [1.82, 2.24) is 4.90 Å². The molecule has 2 rings (SSSR count). The van der Waals surface area contributed by atoms with E-state index in [0.717, 1.165) is 12.5 Å². The molecule has 0 unspecified atom stereocenters. The second-order valence-electron chi connectivity index (χ2n) is 5.65. The zero-order valence-electron chi connectivity index (χ0n) is 12.6. The number of nitrogens with zero attached hydrogens (tertiary/aromatic N) is 2. The van der Waals surface area contributed by atoms with E-state index in [4.69, 9.17) is 10.00 Å². The lowest BCUT2D eigenvalue weighted by atomic mass is 9.92. The van der Waals surface area contributed by atoms with Gasteiger partial charge >= 0.3 is 0 Å². The predicted octanol–water partition coefficient (Wildman–Crippen LogP) is 3.58. The monoisotopic (exact) mass is 272 g/mol. The predicted molar refractivity (Wildman–Crippen MR) is 80.6 cm³/mol. The second-order valence-corrected chi connectivity index (χ2v) is 5.65. The molecule has 1 saturated heterocycles. The van der Waals surface area contributed by atoms with Gasteiger partial charge in [-0.2, -0.15) is 5.26 Å². The van der Waals surface area contributed by atoms with Gasteiger partial charge in [0.15, 0.2) is 0 Å². The van der Waals surface area contributed by atoms with Crippen LogP contribution in [0.25, 0.3) is 0 Å². The number of piperidine rings is 1. The summed E-state index contributed by atoms with van der Waals surface area (Å²) in [5, 5.41) is 9.00. The number of methoxy groups -OCH3 is 1. The standard InChI is InChI=1S/C17H24N2O/c1-3-4-14-7-9-19(10-8-14)13-15-5-6-16(12-18)17(11-15)20-2/h5-6,11,14H,3-4,7-10,13H2,1-2H3. The number of benzene rings is 1. The Morgan fingerprint density at radius 3 is 2.70 bits per heavy atom. The second kappa shape index (κ2) is 7.31. The van der Waals surface area contributed by atoms with Gasteiger partial charge in [-0.1, -0.05) is 25.8 Å². The fraction of sp³-hybridized carbons (Fsp3) is 0.588. The Hall–Kier alpha value is -1.53. The lowest BCUT2D eigenvalue weighted by Gasteiger charge is -2.31. The van der Waals surface area contributed by atoms with Gasteiger partial charge in [-0.25, -0.2) is 0 Å². The van der Waals surface area contributed by atoms with Crippen molar-refractivity contribution in [3.05, 3.63) is 29.3 Å². The maximum atomic E-state index is 9.00. The van der Waals surface area contributed by atoms with Crippen LogP contribution in [0.5, 0.6) is 5.75 Å². The van der Waals surface area contributed by atoms with Gasteiger partial charge in [0.2, 0.25) is 0 Å².